The average Bonchev–Trinajstić information content (AvgIpc) is 3.30. The van der Waals surface area contributed by atoms with Crippen molar-refractivity contribution in [3.63, 3.8) is 0 Å². The van der Waals surface area contributed by atoms with E-state index in [0.29, 0.717) is 17.5 Å². The third kappa shape index (κ3) is 4.41. The molecule has 3 unspecified atom stereocenters. The molecule has 0 amide bonds. The first kappa shape index (κ1) is 26.5. The van der Waals surface area contributed by atoms with Crippen LogP contribution in [0.15, 0.2) is 60.7 Å². The molecule has 194 valence electrons. The Morgan fingerprint density at radius 3 is 2.27 bits per heavy atom. The van der Waals surface area contributed by atoms with E-state index in [4.69, 9.17) is 9.47 Å². The van der Waals surface area contributed by atoms with Crippen LogP contribution >= 0.6 is 0 Å². The Morgan fingerprint density at radius 2 is 1.73 bits per heavy atom. The van der Waals surface area contributed by atoms with Crippen LogP contribution in [0.5, 0.6) is 11.6 Å². The Bertz CT molecular complexity index is 1300. The lowest BCUT2D eigenvalue weighted by Crippen LogP contribution is -2.48. The van der Waals surface area contributed by atoms with Gasteiger partial charge in [0.05, 0.1) is 18.2 Å². The van der Waals surface area contributed by atoms with Crippen LogP contribution < -0.4 is 9.47 Å². The zero-order chi connectivity index (χ0) is 27.0. The number of rotatable bonds is 3. The smallest absolute Gasteiger partial charge is 0.416 e. The Labute approximate surface area is 213 Å². The number of benzene rings is 2. The van der Waals surface area contributed by atoms with Crippen molar-refractivity contribution >= 4 is 0 Å². The number of aromatic nitrogens is 1. The van der Waals surface area contributed by atoms with Crippen LogP contribution in [0.25, 0.3) is 0 Å². The Morgan fingerprint density at radius 1 is 1.11 bits per heavy atom. The van der Waals surface area contributed by atoms with Crippen LogP contribution in [0.2, 0.25) is 0 Å². The molecule has 9 heteroatoms. The van der Waals surface area contributed by atoms with Gasteiger partial charge in [-0.05, 0) is 57.2 Å². The van der Waals surface area contributed by atoms with Gasteiger partial charge in [0.2, 0.25) is 5.88 Å². The van der Waals surface area contributed by atoms with E-state index in [1.807, 2.05) is 62.4 Å². The van der Waals surface area contributed by atoms with Gasteiger partial charge in [-0.2, -0.15) is 18.4 Å². The van der Waals surface area contributed by atoms with Crippen molar-refractivity contribution in [3.8, 4) is 17.7 Å². The molecule has 0 spiro atoms. The van der Waals surface area contributed by atoms with Gasteiger partial charge in [-0.1, -0.05) is 42.5 Å². The summed E-state index contributed by atoms with van der Waals surface area (Å²) in [6.07, 6.45) is -3.70. The number of nitrogens with zero attached hydrogens (tertiary/aromatic N) is 3. The number of pyridine rings is 1. The Hall–Kier alpha value is -3.61. The monoisotopic (exact) mass is 511 g/mol. The van der Waals surface area contributed by atoms with Crippen LogP contribution in [0.3, 0.4) is 0 Å². The van der Waals surface area contributed by atoms with E-state index < -0.39 is 22.9 Å². The van der Waals surface area contributed by atoms with Crippen LogP contribution in [0.4, 0.5) is 13.2 Å². The second-order valence-corrected chi connectivity index (χ2v) is 9.62. The molecule has 2 aromatic carbocycles. The number of fused-ring (bicyclic) bond motifs is 3. The molecular weight excluding hydrogens is 483 g/mol. The first-order valence-electron chi connectivity index (χ1n) is 11.7. The second-order valence-electron chi connectivity index (χ2n) is 9.62. The molecule has 0 saturated heterocycles. The van der Waals surface area contributed by atoms with E-state index in [-0.39, 0.29) is 29.7 Å². The predicted molar refractivity (Wildman–Crippen MR) is 131 cm³/mol. The molecule has 1 aromatic heterocycles. The number of aliphatic hydroxyl groups is 1. The largest absolute Gasteiger partial charge is 0.481 e. The summed E-state index contributed by atoms with van der Waals surface area (Å²) in [5.41, 5.74) is -2.20. The first-order valence-corrected chi connectivity index (χ1v) is 11.7. The van der Waals surface area contributed by atoms with Gasteiger partial charge in [0.1, 0.15) is 23.1 Å². The summed E-state index contributed by atoms with van der Waals surface area (Å²) in [6, 6.07) is 17.5. The average molecular weight is 512 g/mol. The van der Waals surface area contributed by atoms with Crippen molar-refractivity contribution in [1.82, 2.24) is 9.88 Å². The maximum Gasteiger partial charge on any atom is 0.416 e. The van der Waals surface area contributed by atoms with E-state index >= 15 is 0 Å². The highest BCUT2D eigenvalue weighted by Crippen LogP contribution is 2.68. The summed E-state index contributed by atoms with van der Waals surface area (Å²) in [6.45, 7) is 0. The van der Waals surface area contributed by atoms with Gasteiger partial charge >= 0.3 is 6.18 Å². The lowest BCUT2D eigenvalue weighted by Gasteiger charge is -2.40. The third-order valence-corrected chi connectivity index (χ3v) is 6.69. The SMILES string of the molecule is CN(C)C.COc1nc(C#N)cc2c1C1(O)CCC(c3ccccc3)C1(c1ccc(C(F)(F)F)cc1)O2. The van der Waals surface area contributed by atoms with Gasteiger partial charge in [-0.3, -0.25) is 0 Å². The predicted octanol–water partition coefficient (Wildman–Crippen LogP) is 5.21. The van der Waals surface area contributed by atoms with E-state index in [1.165, 1.54) is 25.3 Å². The minimum absolute atomic E-state index is 0.0491. The van der Waals surface area contributed by atoms with Crippen LogP contribution in [0, 0.1) is 11.3 Å². The van der Waals surface area contributed by atoms with Gasteiger partial charge in [0.25, 0.3) is 0 Å². The standard InChI is InChI=1S/C25H19F3N2O3.C3H9N/c1-32-22-21-20(13-18(14-29)30-22)33-24(16-7-9-17(10-8-16)25(26,27)28)19(11-12-23(21,24)31)15-5-3-2-4-6-15;1-4(2)3/h2-10,13,19,31H,11-12H2,1H3;1-3H3. The molecule has 37 heavy (non-hydrogen) atoms. The topological polar surface area (TPSA) is 78.6 Å². The molecule has 3 aromatic rings. The quantitative estimate of drug-likeness (QED) is 0.520. The fourth-order valence-electron chi connectivity index (χ4n) is 5.33. The minimum atomic E-state index is -4.49. The summed E-state index contributed by atoms with van der Waals surface area (Å²) in [4.78, 5) is 6.18. The van der Waals surface area contributed by atoms with Crippen molar-refractivity contribution in [2.75, 3.05) is 28.3 Å². The second kappa shape index (κ2) is 9.69. The van der Waals surface area contributed by atoms with Crippen LogP contribution in [-0.2, 0) is 17.4 Å². The van der Waals surface area contributed by atoms with Gasteiger partial charge < -0.3 is 19.5 Å². The zero-order valence-electron chi connectivity index (χ0n) is 21.0. The molecule has 6 nitrogen and oxygen atoms in total. The molecule has 1 N–H and O–H groups in total. The molecule has 1 fully saturated rings. The molecule has 3 atom stereocenters. The lowest BCUT2D eigenvalue weighted by atomic mass is 9.71. The number of halogens is 3. The highest BCUT2D eigenvalue weighted by atomic mass is 19.4. The fourth-order valence-corrected chi connectivity index (χ4v) is 5.33. The van der Waals surface area contributed by atoms with Gasteiger partial charge in [0, 0.05) is 12.0 Å². The summed E-state index contributed by atoms with van der Waals surface area (Å²) in [5, 5.41) is 21.6. The van der Waals surface area contributed by atoms with E-state index in [1.54, 1.807) is 0 Å². The maximum absolute atomic E-state index is 13.2. The number of hydrogen-bond acceptors (Lipinski definition) is 6. The van der Waals surface area contributed by atoms with Gasteiger partial charge in [-0.15, -0.1) is 0 Å². The first-order chi connectivity index (χ1) is 17.5. The molecule has 1 aliphatic heterocycles. The molecule has 0 bridgehead atoms. The van der Waals surface area contributed by atoms with E-state index in [9.17, 15) is 23.5 Å². The zero-order valence-corrected chi connectivity index (χ0v) is 21.0. The number of methoxy groups -OCH3 is 1. The summed E-state index contributed by atoms with van der Waals surface area (Å²) >= 11 is 0. The third-order valence-electron chi connectivity index (χ3n) is 6.69. The molecule has 5 rings (SSSR count). The van der Waals surface area contributed by atoms with Crippen molar-refractivity contribution in [1.29, 1.82) is 5.26 Å². The highest BCUT2D eigenvalue weighted by Gasteiger charge is 2.69. The van der Waals surface area contributed by atoms with Crippen LogP contribution in [-0.4, -0.2) is 43.2 Å². The van der Waals surface area contributed by atoms with Crippen molar-refractivity contribution in [2.45, 2.75) is 36.1 Å². The van der Waals surface area contributed by atoms with E-state index in [2.05, 4.69) is 4.98 Å². The van der Waals surface area contributed by atoms with Gasteiger partial charge in [0.15, 0.2) is 5.60 Å². The van der Waals surface area contributed by atoms with Crippen LogP contribution in [0.1, 0.15) is 46.7 Å². The normalized spacial score (nSPS) is 23.8. The summed E-state index contributed by atoms with van der Waals surface area (Å²) in [7, 11) is 7.38. The molecule has 0 radical (unpaired) electrons. The number of nitriles is 1. The van der Waals surface area contributed by atoms with Crippen molar-refractivity contribution < 1.29 is 27.8 Å². The summed E-state index contributed by atoms with van der Waals surface area (Å²) in [5.74, 6) is -0.0708. The lowest BCUT2D eigenvalue weighted by molar-refractivity contribution is -0.137. The van der Waals surface area contributed by atoms with Crippen molar-refractivity contribution in [3.05, 3.63) is 88.6 Å². The Kier molecular flexibility index (Phi) is 6.93. The summed E-state index contributed by atoms with van der Waals surface area (Å²) < 4.78 is 51.6. The highest BCUT2D eigenvalue weighted by molar-refractivity contribution is 5.58. The molecular formula is C28H28F3N3O3. The molecule has 1 aliphatic carbocycles. The van der Waals surface area contributed by atoms with Gasteiger partial charge in [-0.25, -0.2) is 4.98 Å². The Balaban J connectivity index is 0.000000747. The maximum atomic E-state index is 13.2. The molecule has 1 saturated carbocycles. The molecule has 2 aliphatic rings. The number of alkyl halides is 3. The number of hydrogen-bond donors (Lipinski definition) is 1. The van der Waals surface area contributed by atoms with E-state index in [0.717, 1.165) is 17.7 Å². The molecule has 2 heterocycles. The fraction of sp³-hybridized carbons (Fsp3) is 0.357. The van der Waals surface area contributed by atoms with Crippen molar-refractivity contribution in [2.24, 2.45) is 0 Å². The minimum Gasteiger partial charge on any atom is -0.481 e. The number of ether oxygens (including phenoxy) is 2.